The highest BCUT2D eigenvalue weighted by Gasteiger charge is 2.30. The molecule has 2 aliphatic rings. The summed E-state index contributed by atoms with van der Waals surface area (Å²) in [7, 11) is 0. The number of morpholine rings is 1. The Morgan fingerprint density at radius 3 is 2.96 bits per heavy atom. The molecule has 25 heavy (non-hydrogen) atoms. The molecule has 0 aromatic heterocycles. The molecule has 136 valence electrons. The van der Waals surface area contributed by atoms with Crippen LogP contribution in [0.4, 0.5) is 0 Å². The summed E-state index contributed by atoms with van der Waals surface area (Å²) in [6.07, 6.45) is 0.730. The van der Waals surface area contributed by atoms with E-state index in [1.54, 1.807) is 4.90 Å². The Bertz CT molecular complexity index is 575. The summed E-state index contributed by atoms with van der Waals surface area (Å²) in [5.41, 5.74) is 0. The molecule has 2 aliphatic heterocycles. The van der Waals surface area contributed by atoms with Crippen LogP contribution in [0.3, 0.4) is 0 Å². The first kappa shape index (κ1) is 17.7. The molecule has 7 nitrogen and oxygen atoms in total. The van der Waals surface area contributed by atoms with Crippen molar-refractivity contribution in [2.75, 3.05) is 39.5 Å². The van der Waals surface area contributed by atoms with Crippen molar-refractivity contribution in [2.45, 2.75) is 24.9 Å². The van der Waals surface area contributed by atoms with E-state index in [0.29, 0.717) is 45.8 Å². The number of hydrogen-bond donors (Lipinski definition) is 2. The standard InChI is InChI=1S/C18H25N3O4/c22-17(10-15-13-24-8-6-19-15)20-14-11-18(23)21(12-14)7-9-25-16-4-2-1-3-5-16/h1-5,14-15,19H,6-13H2,(H,20,22). The number of amides is 2. The van der Waals surface area contributed by atoms with Gasteiger partial charge >= 0.3 is 0 Å². The van der Waals surface area contributed by atoms with Gasteiger partial charge in [-0.1, -0.05) is 18.2 Å². The zero-order chi connectivity index (χ0) is 17.5. The molecule has 2 heterocycles. The zero-order valence-electron chi connectivity index (χ0n) is 14.3. The fourth-order valence-corrected chi connectivity index (χ4v) is 3.14. The molecule has 1 aromatic carbocycles. The first-order valence-electron chi connectivity index (χ1n) is 8.77. The molecule has 0 radical (unpaired) electrons. The molecule has 2 amide bonds. The van der Waals surface area contributed by atoms with E-state index >= 15 is 0 Å². The van der Waals surface area contributed by atoms with E-state index in [1.807, 2.05) is 30.3 Å². The molecule has 0 spiro atoms. The van der Waals surface area contributed by atoms with Crippen molar-refractivity contribution in [1.82, 2.24) is 15.5 Å². The van der Waals surface area contributed by atoms with Crippen molar-refractivity contribution in [3.63, 3.8) is 0 Å². The largest absolute Gasteiger partial charge is 0.492 e. The van der Waals surface area contributed by atoms with Crippen molar-refractivity contribution in [1.29, 1.82) is 0 Å². The van der Waals surface area contributed by atoms with Gasteiger partial charge in [-0.05, 0) is 12.1 Å². The second kappa shape index (κ2) is 8.82. The summed E-state index contributed by atoms with van der Waals surface area (Å²) < 4.78 is 11.0. The van der Waals surface area contributed by atoms with Gasteiger partial charge in [0.25, 0.3) is 0 Å². The van der Waals surface area contributed by atoms with Gasteiger partial charge in [0.1, 0.15) is 12.4 Å². The van der Waals surface area contributed by atoms with E-state index in [0.717, 1.165) is 12.3 Å². The number of nitrogens with zero attached hydrogens (tertiary/aromatic N) is 1. The third kappa shape index (κ3) is 5.44. The Morgan fingerprint density at radius 1 is 1.36 bits per heavy atom. The molecular formula is C18H25N3O4. The van der Waals surface area contributed by atoms with Crippen LogP contribution in [0.2, 0.25) is 0 Å². The number of benzene rings is 1. The molecule has 1 aromatic rings. The third-order valence-electron chi connectivity index (χ3n) is 4.38. The van der Waals surface area contributed by atoms with Gasteiger partial charge in [0.15, 0.2) is 0 Å². The molecule has 0 saturated carbocycles. The fourth-order valence-electron chi connectivity index (χ4n) is 3.14. The monoisotopic (exact) mass is 347 g/mol. The molecule has 0 aliphatic carbocycles. The molecule has 2 N–H and O–H groups in total. The average Bonchev–Trinajstić information content (AvgIpc) is 2.96. The van der Waals surface area contributed by atoms with Gasteiger partial charge in [0.2, 0.25) is 11.8 Å². The lowest BCUT2D eigenvalue weighted by Crippen LogP contribution is -2.46. The quantitative estimate of drug-likeness (QED) is 0.735. The smallest absolute Gasteiger partial charge is 0.224 e. The van der Waals surface area contributed by atoms with Gasteiger partial charge in [-0.2, -0.15) is 0 Å². The minimum atomic E-state index is -0.124. The van der Waals surface area contributed by atoms with Gasteiger partial charge in [0.05, 0.1) is 25.8 Å². The molecule has 0 bridgehead atoms. The SMILES string of the molecule is O=C(CC1COCCN1)NC1CC(=O)N(CCOc2ccccc2)C1. The molecule has 7 heteroatoms. The first-order valence-corrected chi connectivity index (χ1v) is 8.77. The van der Waals surface area contributed by atoms with Gasteiger partial charge in [-0.15, -0.1) is 0 Å². The van der Waals surface area contributed by atoms with Crippen LogP contribution in [0.25, 0.3) is 0 Å². The highest BCUT2D eigenvalue weighted by Crippen LogP contribution is 2.13. The first-order chi connectivity index (χ1) is 12.2. The zero-order valence-corrected chi connectivity index (χ0v) is 14.3. The fraction of sp³-hybridized carbons (Fsp3) is 0.556. The molecule has 2 fully saturated rings. The van der Waals surface area contributed by atoms with Crippen LogP contribution in [-0.4, -0.2) is 68.3 Å². The number of ether oxygens (including phenoxy) is 2. The molecule has 2 saturated heterocycles. The summed E-state index contributed by atoms with van der Waals surface area (Å²) in [4.78, 5) is 25.9. The van der Waals surface area contributed by atoms with Gasteiger partial charge in [0, 0.05) is 32.0 Å². The van der Waals surface area contributed by atoms with Crippen LogP contribution >= 0.6 is 0 Å². The van der Waals surface area contributed by atoms with E-state index in [9.17, 15) is 9.59 Å². The van der Waals surface area contributed by atoms with Crippen molar-refractivity contribution in [3.8, 4) is 5.75 Å². The van der Waals surface area contributed by atoms with E-state index in [-0.39, 0.29) is 23.9 Å². The summed E-state index contributed by atoms with van der Waals surface area (Å²) in [5, 5.41) is 6.21. The van der Waals surface area contributed by atoms with E-state index in [2.05, 4.69) is 10.6 Å². The number of likely N-dealkylation sites (tertiary alicyclic amines) is 1. The van der Waals surface area contributed by atoms with E-state index in [4.69, 9.17) is 9.47 Å². The second-order valence-corrected chi connectivity index (χ2v) is 6.40. The number of nitrogens with one attached hydrogen (secondary N) is 2. The summed E-state index contributed by atoms with van der Waals surface area (Å²) in [6, 6.07) is 9.46. The Kier molecular flexibility index (Phi) is 6.25. The third-order valence-corrected chi connectivity index (χ3v) is 4.38. The Morgan fingerprint density at radius 2 is 2.20 bits per heavy atom. The molecular weight excluding hydrogens is 322 g/mol. The highest BCUT2D eigenvalue weighted by atomic mass is 16.5. The second-order valence-electron chi connectivity index (χ2n) is 6.40. The maximum absolute atomic E-state index is 12.1. The summed E-state index contributed by atoms with van der Waals surface area (Å²) >= 11 is 0. The minimum absolute atomic E-state index is 0.0387. The summed E-state index contributed by atoms with van der Waals surface area (Å²) in [6.45, 7) is 3.53. The lowest BCUT2D eigenvalue weighted by molar-refractivity contribution is -0.128. The van der Waals surface area contributed by atoms with Crippen LogP contribution in [0.15, 0.2) is 30.3 Å². The number of carbonyl (C=O) groups is 2. The number of carbonyl (C=O) groups excluding carboxylic acids is 2. The topological polar surface area (TPSA) is 79.9 Å². The van der Waals surface area contributed by atoms with Crippen LogP contribution in [-0.2, 0) is 14.3 Å². The number of para-hydroxylation sites is 1. The predicted octanol–water partition coefficient (Wildman–Crippen LogP) is 0.161. The average molecular weight is 347 g/mol. The van der Waals surface area contributed by atoms with Gasteiger partial charge in [-0.3, -0.25) is 9.59 Å². The van der Waals surface area contributed by atoms with Crippen LogP contribution < -0.4 is 15.4 Å². The van der Waals surface area contributed by atoms with Crippen LogP contribution in [0, 0.1) is 0 Å². The molecule has 3 rings (SSSR count). The van der Waals surface area contributed by atoms with Gasteiger partial charge in [-0.25, -0.2) is 0 Å². The lowest BCUT2D eigenvalue weighted by atomic mass is 10.1. The highest BCUT2D eigenvalue weighted by molar-refractivity contribution is 5.82. The number of hydrogen-bond acceptors (Lipinski definition) is 5. The van der Waals surface area contributed by atoms with Crippen molar-refractivity contribution in [2.24, 2.45) is 0 Å². The maximum Gasteiger partial charge on any atom is 0.224 e. The van der Waals surface area contributed by atoms with Crippen LogP contribution in [0.1, 0.15) is 12.8 Å². The normalized spacial score (nSPS) is 23.5. The number of rotatable bonds is 7. The molecule has 2 atom stereocenters. The predicted molar refractivity (Wildman–Crippen MR) is 92.3 cm³/mol. The van der Waals surface area contributed by atoms with Gasteiger partial charge < -0.3 is 25.0 Å². The molecule has 2 unspecified atom stereocenters. The van der Waals surface area contributed by atoms with E-state index < -0.39 is 0 Å². The van der Waals surface area contributed by atoms with E-state index in [1.165, 1.54) is 0 Å². The maximum atomic E-state index is 12.1. The Hall–Kier alpha value is -2.12. The van der Waals surface area contributed by atoms with Crippen LogP contribution in [0.5, 0.6) is 5.75 Å². The van der Waals surface area contributed by atoms with Crippen molar-refractivity contribution >= 4 is 11.8 Å². The Labute approximate surface area is 147 Å². The Balaban J connectivity index is 1.37. The summed E-state index contributed by atoms with van der Waals surface area (Å²) in [5.74, 6) is 0.811. The van der Waals surface area contributed by atoms with Crippen molar-refractivity contribution < 1.29 is 19.1 Å². The lowest BCUT2D eigenvalue weighted by Gasteiger charge is -2.24. The minimum Gasteiger partial charge on any atom is -0.492 e. The van der Waals surface area contributed by atoms with Crippen molar-refractivity contribution in [3.05, 3.63) is 30.3 Å².